The molecule has 2 rings (SSSR count). The zero-order valence-corrected chi connectivity index (χ0v) is 12.1. The van der Waals surface area contributed by atoms with E-state index in [1.807, 2.05) is 5.32 Å². The van der Waals surface area contributed by atoms with Crippen LogP contribution in [0.1, 0.15) is 12.5 Å². The fraction of sp³-hybridized carbons (Fsp3) is 0.250. The van der Waals surface area contributed by atoms with E-state index in [4.69, 9.17) is 4.74 Å². The number of rotatable bonds is 5. The third-order valence-corrected chi connectivity index (χ3v) is 3.24. The van der Waals surface area contributed by atoms with E-state index < -0.39 is 50.2 Å². The lowest BCUT2D eigenvalue weighted by atomic mass is 9.88. The van der Waals surface area contributed by atoms with Crippen molar-refractivity contribution in [2.75, 3.05) is 6.61 Å². The smallest absolute Gasteiger partial charge is 0.346 e. The number of benzene rings is 1. The number of imide groups is 1. The Morgan fingerprint density at radius 2 is 1.92 bits per heavy atom. The number of esters is 1. The number of urea groups is 1. The van der Waals surface area contributed by atoms with Gasteiger partial charge >= 0.3 is 12.0 Å². The number of amides is 3. The number of carbonyl (C=O) groups excluding carboxylic acids is 3. The summed E-state index contributed by atoms with van der Waals surface area (Å²) in [6.45, 7) is 1.27. The maximum atomic E-state index is 12.3. The number of nitro groups is 2. The van der Waals surface area contributed by atoms with Gasteiger partial charge < -0.3 is 10.1 Å². The van der Waals surface area contributed by atoms with Crippen molar-refractivity contribution in [3.05, 3.63) is 44.0 Å². The van der Waals surface area contributed by atoms with Crippen LogP contribution in [0.5, 0.6) is 0 Å². The maximum absolute atomic E-state index is 12.3. The fourth-order valence-electron chi connectivity index (χ4n) is 2.24. The molecular weight excluding hydrogens is 328 g/mol. The van der Waals surface area contributed by atoms with E-state index in [-0.39, 0.29) is 6.61 Å². The van der Waals surface area contributed by atoms with Gasteiger partial charge in [-0.1, -0.05) is 0 Å². The van der Waals surface area contributed by atoms with Crippen LogP contribution < -0.4 is 10.6 Å². The summed E-state index contributed by atoms with van der Waals surface area (Å²) in [6, 6.07) is 1.27. The summed E-state index contributed by atoms with van der Waals surface area (Å²) in [5, 5.41) is 25.9. The predicted molar refractivity (Wildman–Crippen MR) is 74.7 cm³/mol. The van der Waals surface area contributed by atoms with Crippen LogP contribution in [-0.4, -0.2) is 34.4 Å². The van der Waals surface area contributed by atoms with Gasteiger partial charge in [-0.15, -0.1) is 0 Å². The molecule has 2 N–H and O–H groups in total. The van der Waals surface area contributed by atoms with Crippen molar-refractivity contribution in [2.24, 2.45) is 0 Å². The molecule has 1 fully saturated rings. The highest BCUT2D eigenvalue weighted by Crippen LogP contribution is 2.36. The maximum Gasteiger partial charge on any atom is 0.346 e. The molecule has 0 saturated carbocycles. The molecule has 0 aliphatic carbocycles. The van der Waals surface area contributed by atoms with Crippen molar-refractivity contribution in [2.45, 2.75) is 12.5 Å². The third kappa shape index (κ3) is 2.49. The van der Waals surface area contributed by atoms with Gasteiger partial charge in [0.15, 0.2) is 0 Å². The molecule has 1 aromatic rings. The molecule has 24 heavy (non-hydrogen) atoms. The highest BCUT2D eigenvalue weighted by Gasteiger charge is 2.58. The second kappa shape index (κ2) is 5.91. The van der Waals surface area contributed by atoms with Gasteiger partial charge in [0.2, 0.25) is 0 Å². The van der Waals surface area contributed by atoms with E-state index in [0.717, 1.165) is 12.1 Å². The molecular formula is C12H10N4O8. The second-order valence-electron chi connectivity index (χ2n) is 4.59. The normalized spacial score (nSPS) is 19.4. The monoisotopic (exact) mass is 338 g/mol. The Kier molecular flexibility index (Phi) is 4.13. The largest absolute Gasteiger partial charge is 0.464 e. The molecule has 1 unspecified atom stereocenters. The standard InChI is InChI=1S/C12H10N4O8/c1-2-24-10(18)12(9(17)13-11(19)14-12)7-4-3-6(15(20)21)5-8(7)16(22)23/h3-5H,2H2,1H3,(H2,13,14,17,19). The summed E-state index contributed by atoms with van der Waals surface area (Å²) in [6.07, 6.45) is 0. The van der Waals surface area contributed by atoms with E-state index in [1.165, 1.54) is 6.92 Å². The topological polar surface area (TPSA) is 171 Å². The van der Waals surface area contributed by atoms with E-state index in [1.54, 1.807) is 5.32 Å². The Bertz CT molecular complexity index is 776. The molecule has 1 atom stereocenters. The molecule has 1 saturated heterocycles. The van der Waals surface area contributed by atoms with Gasteiger partial charge in [-0.3, -0.25) is 30.3 Å². The highest BCUT2D eigenvalue weighted by atomic mass is 16.6. The molecule has 0 spiro atoms. The average molecular weight is 338 g/mol. The molecule has 1 aromatic carbocycles. The number of ether oxygens (including phenoxy) is 1. The Labute approximate surface area is 133 Å². The van der Waals surface area contributed by atoms with Gasteiger partial charge in [-0.2, -0.15) is 0 Å². The Balaban J connectivity index is 2.74. The number of nitro benzene ring substituents is 2. The third-order valence-electron chi connectivity index (χ3n) is 3.24. The van der Waals surface area contributed by atoms with Crippen LogP contribution >= 0.6 is 0 Å². The number of nitrogens with one attached hydrogen (secondary N) is 2. The molecule has 1 aliphatic heterocycles. The quantitative estimate of drug-likeness (QED) is 0.250. The van der Waals surface area contributed by atoms with E-state index in [2.05, 4.69) is 0 Å². The molecule has 1 aliphatic rings. The van der Waals surface area contributed by atoms with E-state index in [9.17, 15) is 34.6 Å². The fourth-order valence-corrected chi connectivity index (χ4v) is 2.24. The lowest BCUT2D eigenvalue weighted by molar-refractivity contribution is -0.394. The van der Waals surface area contributed by atoms with Crippen molar-refractivity contribution < 1.29 is 29.0 Å². The molecule has 1 heterocycles. The van der Waals surface area contributed by atoms with Crippen LogP contribution in [-0.2, 0) is 19.9 Å². The first-order valence-corrected chi connectivity index (χ1v) is 6.48. The van der Waals surface area contributed by atoms with Crippen LogP contribution in [0.15, 0.2) is 18.2 Å². The van der Waals surface area contributed by atoms with Crippen molar-refractivity contribution >= 4 is 29.3 Å². The first-order valence-electron chi connectivity index (χ1n) is 6.48. The number of hydrogen-bond donors (Lipinski definition) is 2. The van der Waals surface area contributed by atoms with Gasteiger partial charge in [-0.05, 0) is 13.0 Å². The van der Waals surface area contributed by atoms with Crippen molar-refractivity contribution in [1.82, 2.24) is 10.6 Å². The number of nitrogens with zero attached hydrogens (tertiary/aromatic N) is 2. The lowest BCUT2D eigenvalue weighted by Crippen LogP contribution is -2.52. The zero-order chi connectivity index (χ0) is 18.1. The number of non-ortho nitro benzene ring substituents is 1. The van der Waals surface area contributed by atoms with Gasteiger partial charge in [0, 0.05) is 6.07 Å². The SMILES string of the molecule is CCOC(=O)C1(c2ccc([N+](=O)[O-])cc2[N+](=O)[O-])NC(=O)NC1=O. The van der Waals surface area contributed by atoms with Crippen molar-refractivity contribution in [3.8, 4) is 0 Å². The van der Waals surface area contributed by atoms with Gasteiger partial charge in [0.1, 0.15) is 0 Å². The highest BCUT2D eigenvalue weighted by molar-refractivity contribution is 6.19. The number of hydrogen-bond acceptors (Lipinski definition) is 8. The van der Waals surface area contributed by atoms with Crippen molar-refractivity contribution in [3.63, 3.8) is 0 Å². The van der Waals surface area contributed by atoms with Gasteiger partial charge in [-0.25, -0.2) is 9.59 Å². The summed E-state index contributed by atoms with van der Waals surface area (Å²) in [4.78, 5) is 56.1. The van der Waals surface area contributed by atoms with Gasteiger partial charge in [0.05, 0.1) is 28.1 Å². The summed E-state index contributed by atoms with van der Waals surface area (Å²) < 4.78 is 4.74. The second-order valence-corrected chi connectivity index (χ2v) is 4.59. The molecule has 12 heteroatoms. The Morgan fingerprint density at radius 3 is 2.38 bits per heavy atom. The van der Waals surface area contributed by atoms with Crippen LogP contribution in [0.4, 0.5) is 16.2 Å². The van der Waals surface area contributed by atoms with E-state index in [0.29, 0.717) is 6.07 Å². The van der Waals surface area contributed by atoms with Crippen LogP contribution in [0, 0.1) is 20.2 Å². The van der Waals surface area contributed by atoms with E-state index >= 15 is 0 Å². The van der Waals surface area contributed by atoms with Gasteiger partial charge in [0.25, 0.3) is 22.8 Å². The summed E-state index contributed by atoms with van der Waals surface area (Å²) in [7, 11) is 0. The Hall–Kier alpha value is -3.57. The minimum absolute atomic E-state index is 0.162. The molecule has 0 radical (unpaired) electrons. The first-order chi connectivity index (χ1) is 11.2. The molecule has 126 valence electrons. The molecule has 0 aromatic heterocycles. The Morgan fingerprint density at radius 1 is 1.25 bits per heavy atom. The predicted octanol–water partition coefficient (Wildman–Crippen LogP) is 0.101. The van der Waals surface area contributed by atoms with Crippen molar-refractivity contribution in [1.29, 1.82) is 0 Å². The summed E-state index contributed by atoms with van der Waals surface area (Å²) in [5.74, 6) is -2.42. The zero-order valence-electron chi connectivity index (χ0n) is 12.1. The van der Waals surface area contributed by atoms with Crippen LogP contribution in [0.3, 0.4) is 0 Å². The molecule has 12 nitrogen and oxygen atoms in total. The number of carbonyl (C=O) groups is 3. The minimum Gasteiger partial charge on any atom is -0.464 e. The van der Waals surface area contributed by atoms with Crippen LogP contribution in [0.25, 0.3) is 0 Å². The lowest BCUT2D eigenvalue weighted by Gasteiger charge is -2.23. The average Bonchev–Trinajstić information content (AvgIpc) is 2.82. The molecule has 3 amide bonds. The summed E-state index contributed by atoms with van der Waals surface area (Å²) in [5.41, 5.74) is -4.53. The molecule has 0 bridgehead atoms. The first kappa shape index (κ1) is 16.8. The minimum atomic E-state index is -2.50. The summed E-state index contributed by atoms with van der Waals surface area (Å²) >= 11 is 0. The van der Waals surface area contributed by atoms with Crippen LogP contribution in [0.2, 0.25) is 0 Å².